The van der Waals surface area contributed by atoms with Gasteiger partial charge in [-0.3, -0.25) is 4.98 Å². The van der Waals surface area contributed by atoms with E-state index in [0.29, 0.717) is 16.8 Å². The molecule has 0 atom stereocenters. The van der Waals surface area contributed by atoms with E-state index in [-0.39, 0.29) is 11.3 Å². The highest BCUT2D eigenvalue weighted by molar-refractivity contribution is 5.72. The highest BCUT2D eigenvalue weighted by Gasteiger charge is 2.18. The van der Waals surface area contributed by atoms with Gasteiger partial charge in [0.05, 0.1) is 23.8 Å². The Kier molecular flexibility index (Phi) is 2.07. The van der Waals surface area contributed by atoms with Crippen LogP contribution in [0.2, 0.25) is 0 Å². The van der Waals surface area contributed by atoms with Crippen molar-refractivity contribution in [1.29, 1.82) is 0 Å². The van der Waals surface area contributed by atoms with Crippen molar-refractivity contribution in [3.63, 3.8) is 0 Å². The van der Waals surface area contributed by atoms with Crippen LogP contribution in [0.3, 0.4) is 0 Å². The maximum absolute atomic E-state index is 14.2. The SMILES string of the molecule is [2H]C([2H])([2H])C(c1cnn2c(-c3cccc(-c4cnccc4F)c3)cnc2n1)(C([2H])([2H])[2H])C([2H])([2H])[2H]. The molecule has 4 aromatic rings. The number of aromatic nitrogens is 5. The molecule has 5 nitrogen and oxygen atoms in total. The predicted molar refractivity (Wildman–Crippen MR) is 98.1 cm³/mol. The molecule has 26 heavy (non-hydrogen) atoms. The summed E-state index contributed by atoms with van der Waals surface area (Å²) in [6.07, 6.45) is 4.90. The lowest BCUT2D eigenvalue weighted by Crippen LogP contribution is -2.15. The molecule has 1 aromatic carbocycles. The third kappa shape index (κ3) is 2.83. The number of halogens is 1. The van der Waals surface area contributed by atoms with Gasteiger partial charge in [-0.1, -0.05) is 38.8 Å². The average Bonchev–Trinajstić information content (AvgIpc) is 3.15. The Morgan fingerprint density at radius 3 is 2.73 bits per heavy atom. The summed E-state index contributed by atoms with van der Waals surface area (Å²) in [6.45, 7) is -10.4. The van der Waals surface area contributed by atoms with Crippen LogP contribution < -0.4 is 0 Å². The van der Waals surface area contributed by atoms with Crippen LogP contribution in [0.4, 0.5) is 4.39 Å². The molecule has 0 unspecified atom stereocenters. The number of pyridine rings is 1. The molecule has 6 heteroatoms. The van der Waals surface area contributed by atoms with Crippen molar-refractivity contribution < 1.29 is 16.7 Å². The van der Waals surface area contributed by atoms with Crippen molar-refractivity contribution in [3.8, 4) is 22.4 Å². The van der Waals surface area contributed by atoms with E-state index in [2.05, 4.69) is 20.1 Å². The van der Waals surface area contributed by atoms with Crippen LogP contribution in [0.5, 0.6) is 0 Å². The largest absolute Gasteiger partial charge is 0.264 e. The first-order chi connectivity index (χ1) is 16.2. The lowest BCUT2D eigenvalue weighted by Gasteiger charge is -2.16. The normalized spacial score (nSPS) is 18.4. The zero-order valence-corrected chi connectivity index (χ0v) is 13.3. The van der Waals surface area contributed by atoms with Gasteiger partial charge in [0.2, 0.25) is 0 Å². The molecule has 0 aliphatic rings. The Hall–Kier alpha value is -3.15. The Balaban J connectivity index is 1.88. The first-order valence-electron chi connectivity index (χ1n) is 12.1. The number of rotatable bonds is 2. The van der Waals surface area contributed by atoms with Gasteiger partial charge >= 0.3 is 0 Å². The third-order valence-electron chi connectivity index (χ3n) is 3.86. The summed E-state index contributed by atoms with van der Waals surface area (Å²) < 4.78 is 86.0. The second-order valence-corrected chi connectivity index (χ2v) is 5.68. The van der Waals surface area contributed by atoms with Crippen molar-refractivity contribution in [2.45, 2.75) is 26.0 Å². The number of benzene rings is 1. The molecule has 0 amide bonds. The third-order valence-corrected chi connectivity index (χ3v) is 3.86. The van der Waals surface area contributed by atoms with Gasteiger partial charge in [0.1, 0.15) is 5.82 Å². The fraction of sp³-hybridized carbons (Fsp3) is 0.200. The summed E-state index contributed by atoms with van der Waals surface area (Å²) in [7, 11) is 0. The van der Waals surface area contributed by atoms with E-state index in [1.54, 1.807) is 24.3 Å². The first-order valence-corrected chi connectivity index (χ1v) is 7.60. The molecule has 3 heterocycles. The zero-order valence-electron chi connectivity index (χ0n) is 22.3. The molecule has 0 aliphatic heterocycles. The summed E-state index contributed by atoms with van der Waals surface area (Å²) in [5.41, 5.74) is -2.30. The Bertz CT molecular complexity index is 1360. The lowest BCUT2D eigenvalue weighted by molar-refractivity contribution is 0.562. The molecule has 0 spiro atoms. The van der Waals surface area contributed by atoms with E-state index < -0.39 is 37.5 Å². The van der Waals surface area contributed by atoms with Gasteiger partial charge in [-0.15, -0.1) is 0 Å². The van der Waals surface area contributed by atoms with E-state index in [4.69, 9.17) is 12.3 Å². The molecule has 0 N–H and O–H groups in total. The van der Waals surface area contributed by atoms with Crippen molar-refractivity contribution >= 4 is 5.78 Å². The Morgan fingerprint density at radius 1 is 1.08 bits per heavy atom. The highest BCUT2D eigenvalue weighted by Crippen LogP contribution is 2.28. The number of hydrogen-bond donors (Lipinski definition) is 0. The molecule has 3 aromatic heterocycles. The molecule has 0 bridgehead atoms. The van der Waals surface area contributed by atoms with Crippen LogP contribution in [-0.2, 0) is 5.41 Å². The number of hydrogen-bond acceptors (Lipinski definition) is 4. The summed E-state index contributed by atoms with van der Waals surface area (Å²) in [5, 5.41) is 4.10. The summed E-state index contributed by atoms with van der Waals surface area (Å²) in [5.74, 6) is -0.660. The van der Waals surface area contributed by atoms with Crippen LogP contribution in [0.15, 0.2) is 55.1 Å². The smallest absolute Gasteiger partial charge is 0.251 e. The molecule has 0 radical (unpaired) electrons. The van der Waals surface area contributed by atoms with Gasteiger partial charge in [-0.05, 0) is 17.7 Å². The van der Waals surface area contributed by atoms with E-state index in [1.807, 2.05) is 0 Å². The topological polar surface area (TPSA) is 56.0 Å². The molecular formula is C20H18FN5. The van der Waals surface area contributed by atoms with E-state index in [1.165, 1.54) is 29.2 Å². The molecule has 0 saturated heterocycles. The van der Waals surface area contributed by atoms with Crippen LogP contribution in [-0.4, -0.2) is 24.6 Å². The summed E-state index contributed by atoms with van der Waals surface area (Å²) in [4.78, 5) is 12.1. The molecule has 0 aliphatic carbocycles. The molecular weight excluding hydrogens is 329 g/mol. The van der Waals surface area contributed by atoms with Crippen LogP contribution in [0, 0.1) is 5.82 Å². The van der Waals surface area contributed by atoms with Gasteiger partial charge < -0.3 is 0 Å². The maximum atomic E-state index is 14.2. The monoisotopic (exact) mass is 356 g/mol. The zero-order chi connectivity index (χ0) is 25.8. The molecule has 130 valence electrons. The minimum atomic E-state index is -3.46. The summed E-state index contributed by atoms with van der Waals surface area (Å²) >= 11 is 0. The fourth-order valence-corrected chi connectivity index (χ4v) is 2.59. The number of nitrogens with zero attached hydrogens (tertiary/aromatic N) is 5. The average molecular weight is 356 g/mol. The minimum Gasteiger partial charge on any atom is -0.264 e. The second kappa shape index (κ2) is 5.98. The van der Waals surface area contributed by atoms with E-state index in [9.17, 15) is 4.39 Å². The van der Waals surface area contributed by atoms with Crippen LogP contribution in [0.1, 0.15) is 38.6 Å². The van der Waals surface area contributed by atoms with E-state index in [0.717, 1.165) is 6.20 Å². The van der Waals surface area contributed by atoms with Crippen molar-refractivity contribution in [1.82, 2.24) is 24.6 Å². The Labute approximate surface area is 163 Å². The maximum Gasteiger partial charge on any atom is 0.251 e. The second-order valence-electron chi connectivity index (χ2n) is 5.68. The fourth-order valence-electron chi connectivity index (χ4n) is 2.59. The van der Waals surface area contributed by atoms with Gasteiger partial charge in [0, 0.05) is 41.3 Å². The van der Waals surface area contributed by atoms with E-state index >= 15 is 0 Å². The quantitative estimate of drug-likeness (QED) is 0.538. The van der Waals surface area contributed by atoms with Crippen molar-refractivity contribution in [2.24, 2.45) is 0 Å². The van der Waals surface area contributed by atoms with Crippen LogP contribution in [0.25, 0.3) is 28.2 Å². The molecule has 0 fully saturated rings. The number of imidazole rings is 1. The highest BCUT2D eigenvalue weighted by atomic mass is 19.1. The minimum absolute atomic E-state index is 0.197. The van der Waals surface area contributed by atoms with Crippen molar-refractivity contribution in [2.75, 3.05) is 0 Å². The number of fused-ring (bicyclic) bond motifs is 1. The van der Waals surface area contributed by atoms with Gasteiger partial charge in [0.25, 0.3) is 5.78 Å². The summed E-state index contributed by atoms with van der Waals surface area (Å²) in [6, 6.07) is 7.97. The van der Waals surface area contributed by atoms with Crippen LogP contribution >= 0.6 is 0 Å². The molecule has 4 rings (SSSR count). The van der Waals surface area contributed by atoms with Gasteiger partial charge in [-0.2, -0.15) is 9.61 Å². The van der Waals surface area contributed by atoms with Crippen molar-refractivity contribution in [3.05, 3.63) is 66.6 Å². The standard InChI is InChI=1S/C20H18FN5/c1-20(2,3)18-12-24-26-17(11-23-19(26)25-18)14-6-4-5-13(9-14)15-10-22-8-7-16(15)21/h4-12H,1-3H3/i1D3,2D3,3D3. The predicted octanol–water partition coefficient (Wildman–Crippen LogP) is 4.29. The first kappa shape index (κ1) is 8.98. The van der Waals surface area contributed by atoms with Gasteiger partial charge in [-0.25, -0.2) is 14.4 Å². The molecule has 0 saturated carbocycles. The Morgan fingerprint density at radius 2 is 1.92 bits per heavy atom. The lowest BCUT2D eigenvalue weighted by atomic mass is 9.93. The van der Waals surface area contributed by atoms with Gasteiger partial charge in [0.15, 0.2) is 0 Å².